The number of thiophene rings is 1. The molecule has 2 aromatic heterocycles. The number of pyridine rings is 1. The van der Waals surface area contributed by atoms with E-state index in [4.69, 9.17) is 10.8 Å². The van der Waals surface area contributed by atoms with Crippen LogP contribution >= 0.6 is 27.3 Å². The fourth-order valence-electron chi connectivity index (χ4n) is 1.11. The number of halogens is 1. The van der Waals surface area contributed by atoms with E-state index < -0.39 is 5.97 Å². The Morgan fingerprint density at radius 2 is 2.36 bits per heavy atom. The van der Waals surface area contributed by atoms with E-state index >= 15 is 0 Å². The normalized spacial score (nSPS) is 10.6. The van der Waals surface area contributed by atoms with Gasteiger partial charge >= 0.3 is 5.97 Å². The molecular formula is C8H5BrN2O2S. The molecule has 0 aromatic carbocycles. The number of nitrogens with two attached hydrogens (primary N) is 1. The molecule has 0 aliphatic rings. The largest absolute Gasteiger partial charge is 0.477 e. The minimum Gasteiger partial charge on any atom is -0.477 e. The third-order valence-electron chi connectivity index (χ3n) is 1.70. The molecule has 0 fully saturated rings. The van der Waals surface area contributed by atoms with Crippen molar-refractivity contribution in [2.24, 2.45) is 0 Å². The molecule has 4 nitrogen and oxygen atoms in total. The van der Waals surface area contributed by atoms with Crippen molar-refractivity contribution in [2.45, 2.75) is 0 Å². The summed E-state index contributed by atoms with van der Waals surface area (Å²) in [5.74, 6) is -0.960. The van der Waals surface area contributed by atoms with Crippen molar-refractivity contribution < 1.29 is 9.90 Å². The lowest BCUT2D eigenvalue weighted by Gasteiger charge is -1.92. The van der Waals surface area contributed by atoms with Gasteiger partial charge in [-0.05, 0) is 22.0 Å². The van der Waals surface area contributed by atoms with Gasteiger partial charge in [-0.1, -0.05) is 0 Å². The van der Waals surface area contributed by atoms with Crippen molar-refractivity contribution in [3.05, 3.63) is 21.6 Å². The first kappa shape index (κ1) is 9.42. The molecular weight excluding hydrogens is 268 g/mol. The number of aromatic nitrogens is 1. The van der Waals surface area contributed by atoms with Crippen LogP contribution in [-0.4, -0.2) is 16.1 Å². The van der Waals surface area contributed by atoms with Gasteiger partial charge in [0.1, 0.15) is 9.71 Å². The molecule has 2 heterocycles. The smallest absolute Gasteiger partial charge is 0.347 e. The highest BCUT2D eigenvalue weighted by molar-refractivity contribution is 9.10. The summed E-state index contributed by atoms with van der Waals surface area (Å²) >= 11 is 4.35. The number of carbonyl (C=O) groups is 1. The van der Waals surface area contributed by atoms with Crippen molar-refractivity contribution in [2.75, 3.05) is 5.73 Å². The number of carboxylic acid groups (broad SMARTS) is 1. The van der Waals surface area contributed by atoms with Gasteiger partial charge in [-0.15, -0.1) is 11.3 Å². The quantitative estimate of drug-likeness (QED) is 0.836. The molecule has 0 saturated carbocycles. The molecule has 6 heteroatoms. The topological polar surface area (TPSA) is 76.2 Å². The van der Waals surface area contributed by atoms with Crippen LogP contribution < -0.4 is 5.73 Å². The number of nitrogen functional groups attached to an aromatic ring is 1. The van der Waals surface area contributed by atoms with Gasteiger partial charge in [-0.3, -0.25) is 0 Å². The fourth-order valence-corrected chi connectivity index (χ4v) is 2.81. The highest BCUT2D eigenvalue weighted by Gasteiger charge is 2.16. The van der Waals surface area contributed by atoms with Crippen LogP contribution in [0.15, 0.2) is 16.7 Å². The number of rotatable bonds is 1. The zero-order valence-electron chi connectivity index (χ0n) is 6.82. The maximum absolute atomic E-state index is 10.8. The SMILES string of the molecule is Nc1cnc2sc(C(=O)O)c(Br)c2c1. The number of nitrogens with zero attached hydrogens (tertiary/aromatic N) is 1. The number of fused-ring (bicyclic) bond motifs is 1. The summed E-state index contributed by atoms with van der Waals surface area (Å²) in [7, 11) is 0. The second kappa shape index (κ2) is 3.21. The van der Waals surface area contributed by atoms with Crippen LogP contribution in [0, 0.1) is 0 Å². The van der Waals surface area contributed by atoms with Gasteiger partial charge in [0.15, 0.2) is 0 Å². The van der Waals surface area contributed by atoms with Crippen LogP contribution in [0.2, 0.25) is 0 Å². The van der Waals surface area contributed by atoms with E-state index in [2.05, 4.69) is 20.9 Å². The number of anilines is 1. The highest BCUT2D eigenvalue weighted by atomic mass is 79.9. The van der Waals surface area contributed by atoms with Crippen LogP contribution in [-0.2, 0) is 0 Å². The number of aromatic carboxylic acids is 1. The Morgan fingerprint density at radius 3 is 3.00 bits per heavy atom. The predicted octanol–water partition coefficient (Wildman–Crippen LogP) is 2.34. The Bertz CT molecular complexity index is 523. The highest BCUT2D eigenvalue weighted by Crippen LogP contribution is 2.35. The fraction of sp³-hybridized carbons (Fsp3) is 0. The molecule has 0 amide bonds. The average molecular weight is 273 g/mol. The van der Waals surface area contributed by atoms with Gasteiger partial charge in [0.25, 0.3) is 0 Å². The van der Waals surface area contributed by atoms with Crippen molar-refractivity contribution in [1.82, 2.24) is 4.98 Å². The molecule has 0 bridgehead atoms. The van der Waals surface area contributed by atoms with Gasteiger partial charge in [0.05, 0.1) is 16.4 Å². The molecule has 3 N–H and O–H groups in total. The Hall–Kier alpha value is -1.14. The Labute approximate surface area is 91.5 Å². The Balaban J connectivity index is 2.80. The van der Waals surface area contributed by atoms with Crippen molar-refractivity contribution in [3.8, 4) is 0 Å². The first-order valence-electron chi connectivity index (χ1n) is 3.66. The molecule has 72 valence electrons. The number of hydrogen-bond acceptors (Lipinski definition) is 4. The lowest BCUT2D eigenvalue weighted by molar-refractivity contribution is 0.0701. The zero-order chi connectivity index (χ0) is 10.3. The second-order valence-corrected chi connectivity index (χ2v) is 4.46. The monoisotopic (exact) mass is 272 g/mol. The third kappa shape index (κ3) is 1.36. The second-order valence-electron chi connectivity index (χ2n) is 2.67. The summed E-state index contributed by atoms with van der Waals surface area (Å²) in [6, 6.07) is 1.70. The van der Waals surface area contributed by atoms with Crippen LogP contribution in [0.25, 0.3) is 10.2 Å². The summed E-state index contributed by atoms with van der Waals surface area (Å²) in [4.78, 5) is 15.8. The lowest BCUT2D eigenvalue weighted by Crippen LogP contribution is -1.91. The standard InChI is InChI=1S/C8H5BrN2O2S/c9-5-4-1-3(10)2-11-7(4)14-6(5)8(12)13/h1-2H,10H2,(H,12,13). The summed E-state index contributed by atoms with van der Waals surface area (Å²) in [6.45, 7) is 0. The van der Waals surface area contributed by atoms with Crippen LogP contribution in [0.3, 0.4) is 0 Å². The molecule has 0 spiro atoms. The number of hydrogen-bond donors (Lipinski definition) is 2. The van der Waals surface area contributed by atoms with E-state index in [1.807, 2.05) is 0 Å². The molecule has 2 rings (SSSR count). The molecule has 0 saturated heterocycles. The van der Waals surface area contributed by atoms with Crippen molar-refractivity contribution in [1.29, 1.82) is 0 Å². The molecule has 2 aromatic rings. The predicted molar refractivity (Wildman–Crippen MR) is 58.7 cm³/mol. The van der Waals surface area contributed by atoms with E-state index in [1.54, 1.807) is 6.07 Å². The maximum Gasteiger partial charge on any atom is 0.347 e. The summed E-state index contributed by atoms with van der Waals surface area (Å²) in [5, 5.41) is 9.60. The molecule has 14 heavy (non-hydrogen) atoms. The summed E-state index contributed by atoms with van der Waals surface area (Å²) in [6.07, 6.45) is 1.51. The van der Waals surface area contributed by atoms with E-state index in [9.17, 15) is 4.79 Å². The van der Waals surface area contributed by atoms with E-state index in [0.717, 1.165) is 16.7 Å². The lowest BCUT2D eigenvalue weighted by atomic mass is 10.3. The number of carboxylic acids is 1. The van der Waals surface area contributed by atoms with Crippen molar-refractivity contribution >= 4 is 49.1 Å². The van der Waals surface area contributed by atoms with Crippen LogP contribution in [0.1, 0.15) is 9.67 Å². The van der Waals surface area contributed by atoms with Gasteiger partial charge in [0, 0.05) is 5.39 Å². The first-order valence-corrected chi connectivity index (χ1v) is 5.27. The Kier molecular flexibility index (Phi) is 2.16. The van der Waals surface area contributed by atoms with Gasteiger partial charge < -0.3 is 10.8 Å². The molecule has 0 radical (unpaired) electrons. The van der Waals surface area contributed by atoms with E-state index in [0.29, 0.717) is 15.0 Å². The Morgan fingerprint density at radius 1 is 1.64 bits per heavy atom. The molecule has 0 aliphatic carbocycles. The van der Waals surface area contributed by atoms with Crippen LogP contribution in [0.4, 0.5) is 5.69 Å². The minimum atomic E-state index is -0.960. The van der Waals surface area contributed by atoms with Gasteiger partial charge in [-0.25, -0.2) is 9.78 Å². The van der Waals surface area contributed by atoms with E-state index in [-0.39, 0.29) is 4.88 Å². The third-order valence-corrected chi connectivity index (χ3v) is 3.89. The molecule has 0 aliphatic heterocycles. The van der Waals surface area contributed by atoms with Gasteiger partial charge in [-0.2, -0.15) is 0 Å². The van der Waals surface area contributed by atoms with Crippen molar-refractivity contribution in [3.63, 3.8) is 0 Å². The van der Waals surface area contributed by atoms with Crippen LogP contribution in [0.5, 0.6) is 0 Å². The summed E-state index contributed by atoms with van der Waals surface area (Å²) in [5.41, 5.74) is 6.07. The van der Waals surface area contributed by atoms with Gasteiger partial charge in [0.2, 0.25) is 0 Å². The average Bonchev–Trinajstić information content (AvgIpc) is 2.44. The minimum absolute atomic E-state index is 0.248. The summed E-state index contributed by atoms with van der Waals surface area (Å²) < 4.78 is 0.546. The zero-order valence-corrected chi connectivity index (χ0v) is 9.22. The maximum atomic E-state index is 10.8. The first-order chi connectivity index (χ1) is 6.59. The van der Waals surface area contributed by atoms with E-state index in [1.165, 1.54) is 6.20 Å². The molecule has 0 atom stereocenters. The molecule has 0 unspecified atom stereocenters.